The highest BCUT2D eigenvalue weighted by molar-refractivity contribution is 5.83. The van der Waals surface area contributed by atoms with Crippen molar-refractivity contribution in [1.82, 2.24) is 4.90 Å². The molecule has 1 saturated heterocycles. The molecule has 0 spiro atoms. The summed E-state index contributed by atoms with van der Waals surface area (Å²) in [6.45, 7) is 4.02. The van der Waals surface area contributed by atoms with E-state index >= 15 is 0 Å². The number of amides is 1. The minimum Gasteiger partial charge on any atom is -0.464 e. The van der Waals surface area contributed by atoms with Gasteiger partial charge in [0.05, 0.1) is 6.61 Å². The molecule has 17 heavy (non-hydrogen) atoms. The SMILES string of the molecule is CCOC(=O)C1CC(CC=O)CCN1C(C)=O. The predicted molar refractivity (Wildman–Crippen MR) is 61.2 cm³/mol. The second kappa shape index (κ2) is 6.37. The van der Waals surface area contributed by atoms with Crippen molar-refractivity contribution in [3.05, 3.63) is 0 Å². The third-order valence-corrected chi connectivity index (χ3v) is 3.10. The monoisotopic (exact) mass is 241 g/mol. The molecule has 0 aromatic carbocycles. The lowest BCUT2D eigenvalue weighted by molar-refractivity contribution is -0.157. The molecule has 1 fully saturated rings. The predicted octanol–water partition coefficient (Wildman–Crippen LogP) is 0.766. The summed E-state index contributed by atoms with van der Waals surface area (Å²) in [5.74, 6) is -0.302. The minimum absolute atomic E-state index is 0.118. The summed E-state index contributed by atoms with van der Waals surface area (Å²) >= 11 is 0. The molecule has 0 N–H and O–H groups in total. The quantitative estimate of drug-likeness (QED) is 0.538. The van der Waals surface area contributed by atoms with Crippen LogP contribution in [0.15, 0.2) is 0 Å². The Morgan fingerprint density at radius 2 is 2.18 bits per heavy atom. The van der Waals surface area contributed by atoms with Crippen LogP contribution in [0.25, 0.3) is 0 Å². The number of hydrogen-bond donors (Lipinski definition) is 0. The molecule has 0 aliphatic carbocycles. The number of esters is 1. The zero-order chi connectivity index (χ0) is 12.8. The Balaban J connectivity index is 2.71. The fourth-order valence-corrected chi connectivity index (χ4v) is 2.23. The standard InChI is InChI=1S/C12H19NO4/c1-3-17-12(16)11-8-10(5-7-14)4-6-13(11)9(2)15/h7,10-11H,3-6,8H2,1-2H3. The molecular formula is C12H19NO4. The molecule has 0 bridgehead atoms. The van der Waals surface area contributed by atoms with Crippen molar-refractivity contribution in [3.63, 3.8) is 0 Å². The zero-order valence-electron chi connectivity index (χ0n) is 10.3. The lowest BCUT2D eigenvalue weighted by Gasteiger charge is -2.36. The molecule has 1 rings (SSSR count). The van der Waals surface area contributed by atoms with Crippen molar-refractivity contribution in [3.8, 4) is 0 Å². The van der Waals surface area contributed by atoms with E-state index in [0.29, 0.717) is 26.0 Å². The Bertz CT molecular complexity index is 303. The fraction of sp³-hybridized carbons (Fsp3) is 0.750. The lowest BCUT2D eigenvalue weighted by atomic mass is 9.88. The summed E-state index contributed by atoms with van der Waals surface area (Å²) in [6.07, 6.45) is 2.61. The van der Waals surface area contributed by atoms with Crippen LogP contribution < -0.4 is 0 Å². The third-order valence-electron chi connectivity index (χ3n) is 3.10. The second-order valence-electron chi connectivity index (χ2n) is 4.27. The largest absolute Gasteiger partial charge is 0.464 e. The maximum Gasteiger partial charge on any atom is 0.328 e. The summed E-state index contributed by atoms with van der Waals surface area (Å²) < 4.78 is 4.97. The van der Waals surface area contributed by atoms with Gasteiger partial charge in [-0.25, -0.2) is 4.79 Å². The molecule has 5 heteroatoms. The molecule has 0 aromatic heterocycles. The fourth-order valence-electron chi connectivity index (χ4n) is 2.23. The summed E-state index contributed by atoms with van der Waals surface area (Å²) in [5.41, 5.74) is 0. The smallest absolute Gasteiger partial charge is 0.328 e. The van der Waals surface area contributed by atoms with Crippen molar-refractivity contribution in [2.24, 2.45) is 5.92 Å². The van der Waals surface area contributed by atoms with Crippen molar-refractivity contribution in [2.45, 2.75) is 39.2 Å². The summed E-state index contributed by atoms with van der Waals surface area (Å²) in [7, 11) is 0. The number of likely N-dealkylation sites (tertiary alicyclic amines) is 1. The molecule has 1 amide bonds. The molecule has 2 unspecified atom stereocenters. The Morgan fingerprint density at radius 3 is 2.71 bits per heavy atom. The van der Waals surface area contributed by atoms with Gasteiger partial charge in [0.25, 0.3) is 0 Å². The van der Waals surface area contributed by atoms with E-state index in [1.807, 2.05) is 0 Å². The van der Waals surface area contributed by atoms with Crippen LogP contribution in [0.3, 0.4) is 0 Å². The number of piperidine rings is 1. The van der Waals surface area contributed by atoms with Gasteiger partial charge < -0.3 is 14.4 Å². The molecule has 1 aliphatic rings. The molecule has 1 aliphatic heterocycles. The molecule has 1 heterocycles. The average molecular weight is 241 g/mol. The van der Waals surface area contributed by atoms with Crippen LogP contribution in [0.4, 0.5) is 0 Å². The number of carbonyl (C=O) groups is 3. The normalized spacial score (nSPS) is 24.2. The first kappa shape index (κ1) is 13.7. The van der Waals surface area contributed by atoms with Crippen LogP contribution in [0, 0.1) is 5.92 Å². The van der Waals surface area contributed by atoms with Gasteiger partial charge in [-0.1, -0.05) is 0 Å². The Kier molecular flexibility index (Phi) is 5.12. The average Bonchev–Trinajstić information content (AvgIpc) is 2.29. The van der Waals surface area contributed by atoms with Gasteiger partial charge in [0.1, 0.15) is 12.3 Å². The molecule has 0 radical (unpaired) electrons. The van der Waals surface area contributed by atoms with E-state index in [1.165, 1.54) is 6.92 Å². The van der Waals surface area contributed by atoms with Gasteiger partial charge in [-0.2, -0.15) is 0 Å². The van der Waals surface area contributed by atoms with E-state index in [2.05, 4.69) is 0 Å². The molecular weight excluding hydrogens is 222 g/mol. The first-order chi connectivity index (χ1) is 8.10. The first-order valence-corrected chi connectivity index (χ1v) is 5.97. The topological polar surface area (TPSA) is 63.7 Å². The molecule has 5 nitrogen and oxygen atoms in total. The number of hydrogen-bond acceptors (Lipinski definition) is 4. The zero-order valence-corrected chi connectivity index (χ0v) is 10.3. The maximum atomic E-state index is 11.8. The molecule has 2 atom stereocenters. The summed E-state index contributed by atoms with van der Waals surface area (Å²) in [6, 6.07) is -0.522. The number of carbonyl (C=O) groups excluding carboxylic acids is 3. The van der Waals surface area contributed by atoms with Crippen LogP contribution in [-0.2, 0) is 19.1 Å². The maximum absolute atomic E-state index is 11.8. The van der Waals surface area contributed by atoms with E-state index in [-0.39, 0.29) is 17.8 Å². The van der Waals surface area contributed by atoms with Gasteiger partial charge >= 0.3 is 5.97 Å². The number of nitrogens with zero attached hydrogens (tertiary/aromatic N) is 1. The van der Waals surface area contributed by atoms with Gasteiger partial charge in [-0.05, 0) is 25.7 Å². The molecule has 0 aromatic rings. The third kappa shape index (κ3) is 3.54. The molecule has 0 saturated carbocycles. The van der Waals surface area contributed by atoms with Crippen LogP contribution in [0.1, 0.15) is 33.1 Å². The number of aldehydes is 1. The van der Waals surface area contributed by atoms with Gasteiger partial charge in [-0.3, -0.25) is 4.79 Å². The van der Waals surface area contributed by atoms with Gasteiger partial charge in [0.2, 0.25) is 5.91 Å². The summed E-state index contributed by atoms with van der Waals surface area (Å²) in [4.78, 5) is 35.2. The highest BCUT2D eigenvalue weighted by Gasteiger charge is 2.35. The van der Waals surface area contributed by atoms with Crippen molar-refractivity contribution < 1.29 is 19.1 Å². The van der Waals surface area contributed by atoms with Crippen molar-refractivity contribution in [2.75, 3.05) is 13.2 Å². The van der Waals surface area contributed by atoms with E-state index in [0.717, 1.165) is 12.7 Å². The van der Waals surface area contributed by atoms with Gasteiger partial charge in [-0.15, -0.1) is 0 Å². The minimum atomic E-state index is -0.522. The first-order valence-electron chi connectivity index (χ1n) is 5.97. The van der Waals surface area contributed by atoms with Gasteiger partial charge in [0, 0.05) is 19.9 Å². The number of rotatable bonds is 4. The highest BCUT2D eigenvalue weighted by atomic mass is 16.5. The Hall–Kier alpha value is -1.39. The van der Waals surface area contributed by atoms with Crippen LogP contribution in [0.2, 0.25) is 0 Å². The Labute approximate surface area is 101 Å². The van der Waals surface area contributed by atoms with E-state index < -0.39 is 6.04 Å². The van der Waals surface area contributed by atoms with Crippen LogP contribution in [-0.4, -0.2) is 42.3 Å². The van der Waals surface area contributed by atoms with Crippen molar-refractivity contribution in [1.29, 1.82) is 0 Å². The van der Waals surface area contributed by atoms with E-state index in [1.54, 1.807) is 11.8 Å². The highest BCUT2D eigenvalue weighted by Crippen LogP contribution is 2.25. The number of ether oxygens (including phenoxy) is 1. The van der Waals surface area contributed by atoms with Crippen LogP contribution >= 0.6 is 0 Å². The van der Waals surface area contributed by atoms with Crippen molar-refractivity contribution >= 4 is 18.2 Å². The Morgan fingerprint density at radius 1 is 1.47 bits per heavy atom. The second-order valence-corrected chi connectivity index (χ2v) is 4.27. The van der Waals surface area contributed by atoms with E-state index in [9.17, 15) is 14.4 Å². The lowest BCUT2D eigenvalue weighted by Crippen LogP contribution is -2.50. The summed E-state index contributed by atoms with van der Waals surface area (Å²) in [5, 5.41) is 0. The van der Waals surface area contributed by atoms with Gasteiger partial charge in [0.15, 0.2) is 0 Å². The van der Waals surface area contributed by atoms with E-state index in [4.69, 9.17) is 4.74 Å². The van der Waals surface area contributed by atoms with Crippen LogP contribution in [0.5, 0.6) is 0 Å². The molecule has 96 valence electrons.